The van der Waals surface area contributed by atoms with Gasteiger partial charge in [-0.25, -0.2) is 13.8 Å². The van der Waals surface area contributed by atoms with Crippen LogP contribution in [0, 0.1) is 11.6 Å². The van der Waals surface area contributed by atoms with Gasteiger partial charge in [-0.2, -0.15) is 0 Å². The minimum Gasteiger partial charge on any atom is -0.290 e. The Labute approximate surface area is 102 Å². The van der Waals surface area contributed by atoms with Crippen molar-refractivity contribution in [3.8, 4) is 0 Å². The summed E-state index contributed by atoms with van der Waals surface area (Å²) < 4.78 is 26.6. The Kier molecular flexibility index (Phi) is 3.59. The smallest absolute Gasteiger partial charge is 0.169 e. The summed E-state index contributed by atoms with van der Waals surface area (Å²) in [6.45, 7) is 0. The zero-order valence-electron chi connectivity index (χ0n) is 9.14. The van der Waals surface area contributed by atoms with Crippen LogP contribution in [0.1, 0.15) is 5.56 Å². The summed E-state index contributed by atoms with van der Waals surface area (Å²) in [5, 5.41) is 8.97. The predicted molar refractivity (Wildman–Crippen MR) is 61.7 cm³/mol. The Balaban J connectivity index is 2.46. The van der Waals surface area contributed by atoms with Gasteiger partial charge >= 0.3 is 0 Å². The van der Waals surface area contributed by atoms with Crippen molar-refractivity contribution in [1.29, 1.82) is 0 Å². The van der Waals surface area contributed by atoms with Gasteiger partial charge in [0.15, 0.2) is 17.5 Å². The number of halogens is 2. The average Bonchev–Trinajstić information content (AvgIpc) is 2.41. The van der Waals surface area contributed by atoms with E-state index in [0.29, 0.717) is 5.69 Å². The van der Waals surface area contributed by atoms with Crippen LogP contribution in [-0.2, 0) is 0 Å². The van der Waals surface area contributed by atoms with E-state index in [0.717, 1.165) is 6.07 Å². The maximum absolute atomic E-state index is 13.5. The molecule has 0 bridgehead atoms. The number of nitrogens with one attached hydrogen (secondary N) is 1. The molecule has 2 N–H and O–H groups in total. The normalized spacial score (nSPS) is 11.4. The fraction of sp³-hybridized carbons (Fsp3) is 0. The van der Waals surface area contributed by atoms with Crippen LogP contribution in [0.3, 0.4) is 0 Å². The lowest BCUT2D eigenvalue weighted by Gasteiger charge is -2.06. The van der Waals surface area contributed by atoms with Gasteiger partial charge in [0.1, 0.15) is 0 Å². The summed E-state index contributed by atoms with van der Waals surface area (Å²) in [5.41, 5.74) is 2.05. The number of rotatable bonds is 2. The molecule has 4 nitrogen and oxygen atoms in total. The molecule has 18 heavy (non-hydrogen) atoms. The zero-order valence-corrected chi connectivity index (χ0v) is 9.14. The Bertz CT molecular complexity index is 573. The molecule has 2 aromatic rings. The van der Waals surface area contributed by atoms with Crippen LogP contribution in [0.4, 0.5) is 14.5 Å². The molecule has 0 aliphatic rings. The number of pyridine rings is 1. The highest BCUT2D eigenvalue weighted by atomic mass is 19.2. The van der Waals surface area contributed by atoms with Crippen molar-refractivity contribution in [3.63, 3.8) is 0 Å². The van der Waals surface area contributed by atoms with Crippen LogP contribution in [-0.4, -0.2) is 16.0 Å². The summed E-state index contributed by atoms with van der Waals surface area (Å²) in [5.74, 6) is -2.27. The largest absolute Gasteiger partial charge is 0.290 e. The van der Waals surface area contributed by atoms with Crippen LogP contribution < -0.4 is 5.48 Å². The summed E-state index contributed by atoms with van der Waals surface area (Å²) in [6.07, 6.45) is 2.99. The standard InChI is InChI=1S/C12H9F2N3O/c13-10-3-1-2-9(11(10)14)12(17-18)16-8-4-6-15-7-5-8/h1-7,18H,(H,15,16,17). The summed E-state index contributed by atoms with van der Waals surface area (Å²) in [6, 6.07) is 6.75. The molecule has 0 saturated heterocycles. The molecule has 1 aromatic heterocycles. The Morgan fingerprint density at radius 1 is 1.17 bits per heavy atom. The van der Waals surface area contributed by atoms with Crippen molar-refractivity contribution in [3.05, 3.63) is 59.9 Å². The molecule has 1 heterocycles. The molecule has 0 amide bonds. The molecule has 0 saturated carbocycles. The molecule has 0 radical (unpaired) electrons. The lowest BCUT2D eigenvalue weighted by Crippen LogP contribution is -2.21. The van der Waals surface area contributed by atoms with Gasteiger partial charge in [-0.1, -0.05) is 6.07 Å². The second-order valence-electron chi connectivity index (χ2n) is 3.38. The fourth-order valence-corrected chi connectivity index (χ4v) is 1.38. The maximum Gasteiger partial charge on any atom is 0.169 e. The molecule has 6 heteroatoms. The molecule has 0 unspecified atom stereocenters. The van der Waals surface area contributed by atoms with E-state index in [2.05, 4.69) is 9.98 Å². The number of hydroxylamine groups is 1. The van der Waals surface area contributed by atoms with Crippen LogP contribution in [0.2, 0.25) is 0 Å². The van der Waals surface area contributed by atoms with Gasteiger partial charge in [0.2, 0.25) is 0 Å². The third-order valence-electron chi connectivity index (χ3n) is 2.22. The summed E-state index contributed by atoms with van der Waals surface area (Å²) in [4.78, 5) is 7.75. The minimum absolute atomic E-state index is 0.158. The first-order valence-corrected chi connectivity index (χ1v) is 5.05. The number of benzene rings is 1. The van der Waals surface area contributed by atoms with Crippen LogP contribution in [0.25, 0.3) is 0 Å². The second-order valence-corrected chi connectivity index (χ2v) is 3.38. The van der Waals surface area contributed by atoms with Crippen LogP contribution >= 0.6 is 0 Å². The SMILES string of the molecule is ONC(=Nc1ccncc1)c1cccc(F)c1F. The molecule has 0 atom stereocenters. The van der Waals surface area contributed by atoms with E-state index in [1.807, 2.05) is 0 Å². The Hall–Kier alpha value is -2.34. The number of amidine groups is 1. The molecular weight excluding hydrogens is 240 g/mol. The fourth-order valence-electron chi connectivity index (χ4n) is 1.38. The van der Waals surface area contributed by atoms with E-state index in [1.54, 1.807) is 17.6 Å². The highest BCUT2D eigenvalue weighted by Crippen LogP contribution is 2.15. The first-order valence-electron chi connectivity index (χ1n) is 5.05. The first-order chi connectivity index (χ1) is 8.72. The zero-order chi connectivity index (χ0) is 13.0. The Morgan fingerprint density at radius 2 is 1.89 bits per heavy atom. The highest BCUT2D eigenvalue weighted by Gasteiger charge is 2.12. The number of hydrogen-bond donors (Lipinski definition) is 2. The van der Waals surface area contributed by atoms with Crippen LogP contribution in [0.5, 0.6) is 0 Å². The van der Waals surface area contributed by atoms with Crippen molar-refractivity contribution < 1.29 is 14.0 Å². The van der Waals surface area contributed by atoms with E-state index < -0.39 is 11.6 Å². The van der Waals surface area contributed by atoms with E-state index in [9.17, 15) is 8.78 Å². The van der Waals surface area contributed by atoms with Gasteiger partial charge in [0.05, 0.1) is 11.3 Å². The number of nitrogens with zero attached hydrogens (tertiary/aromatic N) is 2. The van der Waals surface area contributed by atoms with Gasteiger partial charge < -0.3 is 0 Å². The first kappa shape index (κ1) is 12.1. The monoisotopic (exact) mass is 249 g/mol. The highest BCUT2D eigenvalue weighted by molar-refractivity contribution is 5.99. The number of aliphatic imine (C=N–C) groups is 1. The number of aromatic nitrogens is 1. The van der Waals surface area contributed by atoms with Gasteiger partial charge in [0.25, 0.3) is 0 Å². The van der Waals surface area contributed by atoms with Crippen molar-refractivity contribution in [2.45, 2.75) is 0 Å². The third kappa shape index (κ3) is 2.49. The van der Waals surface area contributed by atoms with Crippen LogP contribution in [0.15, 0.2) is 47.7 Å². The van der Waals surface area contributed by atoms with Crippen molar-refractivity contribution in [1.82, 2.24) is 10.5 Å². The van der Waals surface area contributed by atoms with Crippen molar-refractivity contribution in [2.24, 2.45) is 4.99 Å². The minimum atomic E-state index is -1.08. The van der Waals surface area contributed by atoms with Crippen molar-refractivity contribution >= 4 is 11.5 Å². The second kappa shape index (κ2) is 5.33. The summed E-state index contributed by atoms with van der Waals surface area (Å²) >= 11 is 0. The van der Waals surface area contributed by atoms with E-state index in [4.69, 9.17) is 5.21 Å². The van der Waals surface area contributed by atoms with Gasteiger partial charge in [0, 0.05) is 12.4 Å². The molecular formula is C12H9F2N3O. The molecule has 0 aliphatic carbocycles. The van der Waals surface area contributed by atoms with Gasteiger partial charge in [-0.3, -0.25) is 15.7 Å². The van der Waals surface area contributed by atoms with E-state index >= 15 is 0 Å². The summed E-state index contributed by atoms with van der Waals surface area (Å²) in [7, 11) is 0. The molecule has 0 fully saturated rings. The molecule has 2 rings (SSSR count). The number of hydrogen-bond acceptors (Lipinski definition) is 3. The maximum atomic E-state index is 13.5. The Morgan fingerprint density at radius 3 is 2.56 bits per heavy atom. The predicted octanol–water partition coefficient (Wildman–Crippen LogP) is 2.42. The average molecular weight is 249 g/mol. The van der Waals surface area contributed by atoms with Gasteiger partial charge in [-0.15, -0.1) is 0 Å². The van der Waals surface area contributed by atoms with E-state index in [1.165, 1.54) is 24.5 Å². The molecule has 92 valence electrons. The quantitative estimate of drug-likeness (QED) is 0.488. The van der Waals surface area contributed by atoms with Gasteiger partial charge in [-0.05, 0) is 24.3 Å². The lowest BCUT2D eigenvalue weighted by molar-refractivity contribution is 0.234. The molecule has 0 aliphatic heterocycles. The van der Waals surface area contributed by atoms with Crippen molar-refractivity contribution in [2.75, 3.05) is 0 Å². The van der Waals surface area contributed by atoms with E-state index in [-0.39, 0.29) is 11.4 Å². The molecule has 1 aromatic carbocycles. The topological polar surface area (TPSA) is 57.5 Å². The third-order valence-corrected chi connectivity index (χ3v) is 2.22. The lowest BCUT2D eigenvalue weighted by atomic mass is 10.2. The molecule has 0 spiro atoms.